The minimum Gasteiger partial charge on any atom is -0.493 e. The van der Waals surface area contributed by atoms with Gasteiger partial charge in [0.1, 0.15) is 0 Å². The van der Waals surface area contributed by atoms with Crippen LogP contribution in [0.4, 0.5) is 0 Å². The lowest BCUT2D eigenvalue weighted by atomic mass is 10.0. The van der Waals surface area contributed by atoms with Gasteiger partial charge in [-0.1, -0.05) is 43.2 Å². The third-order valence-corrected chi connectivity index (χ3v) is 4.56. The van der Waals surface area contributed by atoms with Gasteiger partial charge in [-0.25, -0.2) is 0 Å². The van der Waals surface area contributed by atoms with E-state index >= 15 is 0 Å². The Morgan fingerprint density at radius 1 is 1.03 bits per heavy atom. The smallest absolute Gasteiger partial charge is 0.307 e. The first-order valence-electron chi connectivity index (χ1n) is 9.73. The minimum absolute atomic E-state index is 0.0423. The molecule has 1 N–H and O–H groups in total. The summed E-state index contributed by atoms with van der Waals surface area (Å²) in [5.41, 5.74) is 2.35. The van der Waals surface area contributed by atoms with Crippen LogP contribution in [0.25, 0.3) is 0 Å². The summed E-state index contributed by atoms with van der Waals surface area (Å²) in [7, 11) is 2.87. The quantitative estimate of drug-likeness (QED) is 0.478. The Kier molecular flexibility index (Phi) is 8.52. The molecule has 6 heteroatoms. The monoisotopic (exact) mass is 399 g/mol. The second kappa shape index (κ2) is 11.1. The number of nitrogens with one attached hydrogen (secondary N) is 1. The second-order valence-corrected chi connectivity index (χ2v) is 6.78. The summed E-state index contributed by atoms with van der Waals surface area (Å²) >= 11 is 0. The van der Waals surface area contributed by atoms with E-state index in [1.807, 2.05) is 31.2 Å². The zero-order valence-electron chi connectivity index (χ0n) is 17.5. The molecule has 0 spiro atoms. The highest BCUT2D eigenvalue weighted by Gasteiger charge is 2.20. The zero-order valence-corrected chi connectivity index (χ0v) is 17.5. The Balaban J connectivity index is 2.19. The number of methoxy groups -OCH3 is 2. The van der Waals surface area contributed by atoms with Gasteiger partial charge in [0.05, 0.1) is 33.3 Å². The Bertz CT molecular complexity index is 817. The number of aryl methyl sites for hydroxylation is 1. The third kappa shape index (κ3) is 6.52. The first-order chi connectivity index (χ1) is 14.0. The number of unbranched alkanes of at least 4 members (excludes halogenated alkanes) is 1. The van der Waals surface area contributed by atoms with E-state index in [9.17, 15) is 9.59 Å². The number of benzene rings is 2. The molecule has 2 aromatic carbocycles. The highest BCUT2D eigenvalue weighted by Crippen LogP contribution is 2.29. The number of rotatable bonds is 10. The van der Waals surface area contributed by atoms with Gasteiger partial charge in [-0.2, -0.15) is 0 Å². The molecule has 0 aliphatic heterocycles. The van der Waals surface area contributed by atoms with Gasteiger partial charge in [0, 0.05) is 5.56 Å². The lowest BCUT2D eigenvalue weighted by Gasteiger charge is -2.19. The fraction of sp³-hybridized carbons (Fsp3) is 0.391. The lowest BCUT2D eigenvalue weighted by Crippen LogP contribution is -2.30. The SMILES string of the molecule is CCCCOc1ccc(C(=O)NC(CC(=O)OC)c2ccc(C)cc2)cc1OC. The van der Waals surface area contributed by atoms with E-state index in [1.54, 1.807) is 18.2 Å². The maximum Gasteiger partial charge on any atom is 0.307 e. The molecule has 0 heterocycles. The number of carbonyl (C=O) groups excluding carboxylic acids is 2. The van der Waals surface area contributed by atoms with Gasteiger partial charge in [-0.15, -0.1) is 0 Å². The van der Waals surface area contributed by atoms with Crippen LogP contribution < -0.4 is 14.8 Å². The molecule has 0 aromatic heterocycles. The van der Waals surface area contributed by atoms with Gasteiger partial charge >= 0.3 is 5.97 Å². The molecule has 156 valence electrons. The second-order valence-electron chi connectivity index (χ2n) is 6.78. The molecular formula is C23H29NO5. The van der Waals surface area contributed by atoms with Crippen molar-refractivity contribution in [2.75, 3.05) is 20.8 Å². The van der Waals surface area contributed by atoms with E-state index < -0.39 is 12.0 Å². The van der Waals surface area contributed by atoms with Crippen LogP contribution in [0.3, 0.4) is 0 Å². The highest BCUT2D eigenvalue weighted by atomic mass is 16.5. The van der Waals surface area contributed by atoms with E-state index in [0.29, 0.717) is 23.7 Å². The summed E-state index contributed by atoms with van der Waals surface area (Å²) in [6, 6.07) is 12.2. The first-order valence-corrected chi connectivity index (χ1v) is 9.73. The molecule has 0 aliphatic rings. The van der Waals surface area contributed by atoms with Gasteiger partial charge in [0.15, 0.2) is 11.5 Å². The maximum atomic E-state index is 12.8. The molecular weight excluding hydrogens is 370 g/mol. The Labute approximate surface area is 172 Å². The van der Waals surface area contributed by atoms with Crippen molar-refractivity contribution in [3.05, 3.63) is 59.2 Å². The predicted molar refractivity (Wildman–Crippen MR) is 111 cm³/mol. The van der Waals surface area contributed by atoms with Crippen LogP contribution in [-0.2, 0) is 9.53 Å². The molecule has 29 heavy (non-hydrogen) atoms. The fourth-order valence-corrected chi connectivity index (χ4v) is 2.80. The van der Waals surface area contributed by atoms with Crippen molar-refractivity contribution in [2.24, 2.45) is 0 Å². The van der Waals surface area contributed by atoms with Crippen LogP contribution in [-0.4, -0.2) is 32.7 Å². The average Bonchev–Trinajstić information content (AvgIpc) is 2.73. The molecule has 0 bridgehead atoms. The highest BCUT2D eigenvalue weighted by molar-refractivity contribution is 5.95. The standard InChI is InChI=1S/C23H29NO5/c1-5-6-13-29-20-12-11-18(14-21(20)27-3)23(26)24-19(15-22(25)28-4)17-9-7-16(2)8-10-17/h7-12,14,19H,5-6,13,15H2,1-4H3,(H,24,26). The van der Waals surface area contributed by atoms with E-state index in [-0.39, 0.29) is 12.3 Å². The van der Waals surface area contributed by atoms with Crippen LogP contribution in [0.2, 0.25) is 0 Å². The number of hydrogen-bond acceptors (Lipinski definition) is 5. The van der Waals surface area contributed by atoms with Crippen LogP contribution in [0, 0.1) is 6.92 Å². The van der Waals surface area contributed by atoms with Crippen LogP contribution >= 0.6 is 0 Å². The number of ether oxygens (including phenoxy) is 3. The van der Waals surface area contributed by atoms with Crippen molar-refractivity contribution in [1.29, 1.82) is 0 Å². The Morgan fingerprint density at radius 3 is 2.38 bits per heavy atom. The third-order valence-electron chi connectivity index (χ3n) is 4.56. The Morgan fingerprint density at radius 2 is 1.76 bits per heavy atom. The maximum absolute atomic E-state index is 12.8. The van der Waals surface area contributed by atoms with Crippen molar-refractivity contribution in [3.63, 3.8) is 0 Å². The normalized spacial score (nSPS) is 11.4. The molecule has 0 aliphatic carbocycles. The topological polar surface area (TPSA) is 73.9 Å². The Hall–Kier alpha value is -3.02. The zero-order chi connectivity index (χ0) is 21.2. The number of esters is 1. The van der Waals surface area contributed by atoms with Gasteiger partial charge in [0.2, 0.25) is 0 Å². The van der Waals surface area contributed by atoms with Crippen molar-refractivity contribution in [1.82, 2.24) is 5.32 Å². The first kappa shape index (κ1) is 22.3. The molecule has 1 amide bonds. The number of amides is 1. The van der Waals surface area contributed by atoms with Crippen LogP contribution in [0.15, 0.2) is 42.5 Å². The summed E-state index contributed by atoms with van der Waals surface area (Å²) in [5, 5.41) is 2.92. The van der Waals surface area contributed by atoms with E-state index in [2.05, 4.69) is 12.2 Å². The van der Waals surface area contributed by atoms with Gasteiger partial charge in [-0.05, 0) is 37.1 Å². The lowest BCUT2D eigenvalue weighted by molar-refractivity contribution is -0.141. The molecule has 0 saturated heterocycles. The van der Waals surface area contributed by atoms with Crippen molar-refractivity contribution < 1.29 is 23.8 Å². The van der Waals surface area contributed by atoms with E-state index in [4.69, 9.17) is 14.2 Å². The molecule has 2 rings (SSSR count). The van der Waals surface area contributed by atoms with Crippen LogP contribution in [0.1, 0.15) is 53.7 Å². The minimum atomic E-state index is -0.498. The molecule has 6 nitrogen and oxygen atoms in total. The number of hydrogen-bond donors (Lipinski definition) is 1. The summed E-state index contributed by atoms with van der Waals surface area (Å²) in [4.78, 5) is 24.7. The van der Waals surface area contributed by atoms with Crippen LogP contribution in [0.5, 0.6) is 11.5 Å². The van der Waals surface area contributed by atoms with Gasteiger partial charge in [0.25, 0.3) is 5.91 Å². The van der Waals surface area contributed by atoms with E-state index in [0.717, 1.165) is 24.0 Å². The summed E-state index contributed by atoms with van der Waals surface area (Å²) < 4.78 is 15.9. The molecule has 0 radical (unpaired) electrons. The van der Waals surface area contributed by atoms with Crippen molar-refractivity contribution in [3.8, 4) is 11.5 Å². The van der Waals surface area contributed by atoms with Crippen molar-refractivity contribution >= 4 is 11.9 Å². The predicted octanol–water partition coefficient (Wildman–Crippen LogP) is 4.22. The average molecular weight is 399 g/mol. The largest absolute Gasteiger partial charge is 0.493 e. The molecule has 1 unspecified atom stereocenters. The summed E-state index contributed by atoms with van der Waals surface area (Å²) in [6.45, 7) is 4.66. The molecule has 0 saturated carbocycles. The van der Waals surface area contributed by atoms with Crippen molar-refractivity contribution in [2.45, 2.75) is 39.2 Å². The van der Waals surface area contributed by atoms with Gasteiger partial charge in [-0.3, -0.25) is 9.59 Å². The number of carbonyl (C=O) groups is 2. The molecule has 1 atom stereocenters. The summed E-state index contributed by atoms with van der Waals surface area (Å²) in [6.07, 6.45) is 2.02. The fourth-order valence-electron chi connectivity index (χ4n) is 2.80. The van der Waals surface area contributed by atoms with Gasteiger partial charge < -0.3 is 19.5 Å². The molecule has 2 aromatic rings. The summed E-state index contributed by atoms with van der Waals surface area (Å²) in [5.74, 6) is 0.391. The molecule has 0 fully saturated rings. The van der Waals surface area contributed by atoms with E-state index in [1.165, 1.54) is 14.2 Å².